The molecule has 0 aliphatic rings. The van der Waals surface area contributed by atoms with Gasteiger partial charge in [-0.3, -0.25) is 9.71 Å². The molecule has 112 valence electrons. The molecule has 2 N–H and O–H groups in total. The maximum Gasteiger partial charge on any atom is 0.262 e. The number of hydrogen-bond acceptors (Lipinski definition) is 5. The molecule has 21 heavy (non-hydrogen) atoms. The van der Waals surface area contributed by atoms with Gasteiger partial charge in [0.2, 0.25) is 0 Å². The van der Waals surface area contributed by atoms with Crippen molar-refractivity contribution in [3.63, 3.8) is 0 Å². The van der Waals surface area contributed by atoms with E-state index in [1.54, 1.807) is 19.1 Å². The van der Waals surface area contributed by atoms with Crippen LogP contribution in [-0.2, 0) is 10.0 Å². The topological polar surface area (TPSA) is 84.0 Å². The highest BCUT2D eigenvalue weighted by molar-refractivity contribution is 7.92. The van der Waals surface area contributed by atoms with Crippen LogP contribution in [0.1, 0.15) is 18.3 Å². The highest BCUT2D eigenvalue weighted by atomic mass is 32.2. The predicted molar refractivity (Wildman–Crippen MR) is 82.9 cm³/mol. The molecule has 2 aromatic heterocycles. The van der Waals surface area contributed by atoms with E-state index in [0.29, 0.717) is 23.7 Å². The van der Waals surface area contributed by atoms with Gasteiger partial charge in [0.15, 0.2) is 0 Å². The van der Waals surface area contributed by atoms with E-state index in [0.717, 1.165) is 5.69 Å². The minimum Gasteiger partial charge on any atom is -0.370 e. The molecule has 0 aliphatic carbocycles. The summed E-state index contributed by atoms with van der Waals surface area (Å²) < 4.78 is 27.4. The largest absolute Gasteiger partial charge is 0.370 e. The third kappa shape index (κ3) is 3.69. The molecular formula is C14H18N4O2S. The van der Waals surface area contributed by atoms with Crippen LogP contribution in [0.25, 0.3) is 0 Å². The quantitative estimate of drug-likeness (QED) is 0.885. The Bertz CT molecular complexity index is 744. The number of rotatable bonds is 5. The fourth-order valence-corrected chi connectivity index (χ4v) is 2.98. The first kappa shape index (κ1) is 15.2. The van der Waals surface area contributed by atoms with E-state index < -0.39 is 10.0 Å². The number of nitrogens with zero attached hydrogens (tertiary/aromatic N) is 2. The number of aromatic nitrogens is 2. The second kappa shape index (κ2) is 6.09. The maximum absolute atomic E-state index is 12.4. The molecule has 0 saturated carbocycles. The number of sulfonamides is 1. The van der Waals surface area contributed by atoms with Crippen molar-refractivity contribution >= 4 is 21.5 Å². The monoisotopic (exact) mass is 306 g/mol. The van der Waals surface area contributed by atoms with Gasteiger partial charge in [0.05, 0.1) is 16.3 Å². The van der Waals surface area contributed by atoms with Crippen molar-refractivity contribution in [3.05, 3.63) is 41.9 Å². The number of aryl methyl sites for hydroxylation is 2. The van der Waals surface area contributed by atoms with Crippen molar-refractivity contribution < 1.29 is 8.42 Å². The molecule has 2 heterocycles. The van der Waals surface area contributed by atoms with Gasteiger partial charge in [0.1, 0.15) is 5.82 Å². The average Bonchev–Trinajstić information content (AvgIpc) is 2.43. The lowest BCUT2D eigenvalue weighted by Gasteiger charge is -2.11. The maximum atomic E-state index is 12.4. The lowest BCUT2D eigenvalue weighted by atomic mass is 10.3. The van der Waals surface area contributed by atoms with Gasteiger partial charge in [-0.2, -0.15) is 0 Å². The standard InChI is InChI=1S/C14H18N4O2S/c1-4-15-14-9-12(7-8-16-14)21(19,20)18-13-6-5-10(2)17-11(13)3/h5-9,18H,4H2,1-3H3,(H,15,16). The Morgan fingerprint density at radius 1 is 1.19 bits per heavy atom. The molecule has 0 bridgehead atoms. The van der Waals surface area contributed by atoms with E-state index in [4.69, 9.17) is 0 Å². The van der Waals surface area contributed by atoms with Gasteiger partial charge in [0, 0.05) is 24.5 Å². The Kier molecular flexibility index (Phi) is 4.42. The van der Waals surface area contributed by atoms with Gasteiger partial charge in [-0.1, -0.05) is 0 Å². The molecule has 0 aromatic carbocycles. The van der Waals surface area contributed by atoms with E-state index >= 15 is 0 Å². The first-order valence-electron chi connectivity index (χ1n) is 6.59. The van der Waals surface area contributed by atoms with Crippen molar-refractivity contribution in [2.75, 3.05) is 16.6 Å². The molecule has 6 nitrogen and oxygen atoms in total. The van der Waals surface area contributed by atoms with Gasteiger partial charge >= 0.3 is 0 Å². The summed E-state index contributed by atoms with van der Waals surface area (Å²) in [5.41, 5.74) is 1.95. The second-order valence-corrected chi connectivity index (χ2v) is 6.28. The summed E-state index contributed by atoms with van der Waals surface area (Å²) in [5, 5.41) is 2.99. The van der Waals surface area contributed by atoms with E-state index in [-0.39, 0.29) is 4.90 Å². The Balaban J connectivity index is 2.31. The molecular weight excluding hydrogens is 288 g/mol. The van der Waals surface area contributed by atoms with Crippen LogP contribution in [0, 0.1) is 13.8 Å². The summed E-state index contributed by atoms with van der Waals surface area (Å²) >= 11 is 0. The van der Waals surface area contributed by atoms with Gasteiger partial charge < -0.3 is 5.32 Å². The molecule has 0 atom stereocenters. The van der Waals surface area contributed by atoms with E-state index in [1.807, 2.05) is 13.8 Å². The van der Waals surface area contributed by atoms with Crippen molar-refractivity contribution in [1.29, 1.82) is 0 Å². The molecule has 0 amide bonds. The zero-order valence-electron chi connectivity index (χ0n) is 12.2. The van der Waals surface area contributed by atoms with Crippen LogP contribution in [0.3, 0.4) is 0 Å². The van der Waals surface area contributed by atoms with Crippen LogP contribution in [0.15, 0.2) is 35.4 Å². The van der Waals surface area contributed by atoms with Crippen LogP contribution in [-0.4, -0.2) is 24.9 Å². The zero-order chi connectivity index (χ0) is 15.5. The van der Waals surface area contributed by atoms with Crippen molar-refractivity contribution in [2.24, 2.45) is 0 Å². The van der Waals surface area contributed by atoms with Crippen LogP contribution >= 0.6 is 0 Å². The smallest absolute Gasteiger partial charge is 0.262 e. The summed E-state index contributed by atoms with van der Waals surface area (Å²) in [6.07, 6.45) is 1.47. The van der Waals surface area contributed by atoms with Crippen molar-refractivity contribution in [2.45, 2.75) is 25.7 Å². The summed E-state index contributed by atoms with van der Waals surface area (Å²) in [6.45, 7) is 6.21. The van der Waals surface area contributed by atoms with Crippen LogP contribution in [0.4, 0.5) is 11.5 Å². The van der Waals surface area contributed by atoms with E-state index in [1.165, 1.54) is 18.3 Å². The number of pyridine rings is 2. The van der Waals surface area contributed by atoms with Gasteiger partial charge in [-0.05, 0) is 39.0 Å². The first-order valence-corrected chi connectivity index (χ1v) is 8.07. The minimum atomic E-state index is -3.66. The summed E-state index contributed by atoms with van der Waals surface area (Å²) in [5.74, 6) is 0.527. The Hall–Kier alpha value is -2.15. The molecule has 0 fully saturated rings. The molecule has 0 radical (unpaired) electrons. The van der Waals surface area contributed by atoms with E-state index in [2.05, 4.69) is 20.0 Å². The fraction of sp³-hybridized carbons (Fsp3) is 0.286. The molecule has 0 saturated heterocycles. The lowest BCUT2D eigenvalue weighted by molar-refractivity contribution is 0.601. The normalized spacial score (nSPS) is 11.2. The third-order valence-corrected chi connectivity index (χ3v) is 4.23. The Morgan fingerprint density at radius 3 is 2.62 bits per heavy atom. The summed E-state index contributed by atoms with van der Waals surface area (Å²) in [7, 11) is -3.66. The van der Waals surface area contributed by atoms with Crippen molar-refractivity contribution in [3.8, 4) is 0 Å². The van der Waals surface area contributed by atoms with Gasteiger partial charge in [0.25, 0.3) is 10.0 Å². The number of hydrogen-bond donors (Lipinski definition) is 2. The Labute approximate surface area is 124 Å². The second-order valence-electron chi connectivity index (χ2n) is 4.60. The van der Waals surface area contributed by atoms with Crippen LogP contribution in [0.2, 0.25) is 0 Å². The predicted octanol–water partition coefficient (Wildman–Crippen LogP) is 2.33. The summed E-state index contributed by atoms with van der Waals surface area (Å²) in [6, 6.07) is 6.44. The highest BCUT2D eigenvalue weighted by Crippen LogP contribution is 2.19. The average molecular weight is 306 g/mol. The number of nitrogens with one attached hydrogen (secondary N) is 2. The Morgan fingerprint density at radius 2 is 1.95 bits per heavy atom. The molecule has 0 aliphatic heterocycles. The number of anilines is 2. The molecule has 0 unspecified atom stereocenters. The minimum absolute atomic E-state index is 0.161. The SMILES string of the molecule is CCNc1cc(S(=O)(=O)Nc2ccc(C)nc2C)ccn1. The van der Waals surface area contributed by atoms with Crippen LogP contribution < -0.4 is 10.0 Å². The zero-order valence-corrected chi connectivity index (χ0v) is 13.0. The molecule has 7 heteroatoms. The summed E-state index contributed by atoms with van der Waals surface area (Å²) in [4.78, 5) is 8.47. The first-order chi connectivity index (χ1) is 9.92. The fourth-order valence-electron chi connectivity index (χ4n) is 1.85. The molecule has 2 rings (SSSR count). The highest BCUT2D eigenvalue weighted by Gasteiger charge is 2.16. The molecule has 0 spiro atoms. The van der Waals surface area contributed by atoms with E-state index in [9.17, 15) is 8.42 Å². The van der Waals surface area contributed by atoms with Crippen molar-refractivity contribution in [1.82, 2.24) is 9.97 Å². The lowest BCUT2D eigenvalue weighted by Crippen LogP contribution is -2.15. The third-order valence-electron chi connectivity index (χ3n) is 2.87. The molecule has 2 aromatic rings. The van der Waals surface area contributed by atoms with Gasteiger partial charge in [-0.15, -0.1) is 0 Å². The van der Waals surface area contributed by atoms with Crippen LogP contribution in [0.5, 0.6) is 0 Å². The van der Waals surface area contributed by atoms with Gasteiger partial charge in [-0.25, -0.2) is 13.4 Å².